The first-order valence-electron chi connectivity index (χ1n) is 10.9. The molecule has 1 aliphatic carbocycles. The van der Waals surface area contributed by atoms with Gasteiger partial charge in [0.1, 0.15) is 0 Å². The third kappa shape index (κ3) is 4.36. The van der Waals surface area contributed by atoms with Crippen LogP contribution in [-0.2, 0) is 33.5 Å². The Bertz CT molecular complexity index is 1440. The van der Waals surface area contributed by atoms with E-state index in [1.54, 1.807) is 18.3 Å². The number of pyridine rings is 1. The lowest BCUT2D eigenvalue weighted by atomic mass is 9.87. The van der Waals surface area contributed by atoms with E-state index in [-0.39, 0.29) is 17.9 Å². The number of anilines is 1. The highest BCUT2D eigenvalue weighted by molar-refractivity contribution is 7.90. The molecule has 2 amide bonds. The Balaban J connectivity index is 1.45. The maximum atomic E-state index is 12.9. The zero-order valence-electron chi connectivity index (χ0n) is 18.7. The molecule has 0 atom stereocenters. The second-order valence-electron chi connectivity index (χ2n) is 8.34. The number of fused-ring (bicyclic) bond motifs is 2. The van der Waals surface area contributed by atoms with Crippen molar-refractivity contribution in [2.24, 2.45) is 0 Å². The van der Waals surface area contributed by atoms with Crippen LogP contribution in [0.25, 0.3) is 11.1 Å². The summed E-state index contributed by atoms with van der Waals surface area (Å²) in [6, 6.07) is 10.2. The Morgan fingerprint density at radius 1 is 1.17 bits per heavy atom. The van der Waals surface area contributed by atoms with E-state index in [2.05, 4.69) is 10.3 Å². The molecule has 3 aromatic rings. The molecule has 1 aromatic heterocycles. The highest BCUT2D eigenvalue weighted by atomic mass is 32.2. The molecule has 180 valence electrons. The number of rotatable bonds is 5. The van der Waals surface area contributed by atoms with Crippen molar-refractivity contribution in [2.75, 3.05) is 12.4 Å². The van der Waals surface area contributed by atoms with E-state index in [0.717, 1.165) is 42.0 Å². The molecule has 10 nitrogen and oxygen atoms in total. The zero-order valence-corrected chi connectivity index (χ0v) is 19.6. The predicted molar refractivity (Wildman–Crippen MR) is 128 cm³/mol. The summed E-state index contributed by atoms with van der Waals surface area (Å²) in [5, 5.41) is 22.5. The van der Waals surface area contributed by atoms with Gasteiger partial charge in [0, 0.05) is 23.4 Å². The van der Waals surface area contributed by atoms with Crippen LogP contribution in [0.5, 0.6) is 5.88 Å². The van der Waals surface area contributed by atoms with Gasteiger partial charge >= 0.3 is 13.5 Å². The molecule has 0 radical (unpaired) electrons. The van der Waals surface area contributed by atoms with Gasteiger partial charge in [-0.3, -0.25) is 0 Å². The fraction of sp³-hybridized carbons (Fsp3) is 0.217. The number of nitrogens with one attached hydrogen (secondary N) is 2. The van der Waals surface area contributed by atoms with Crippen molar-refractivity contribution in [3.8, 4) is 17.0 Å². The van der Waals surface area contributed by atoms with Gasteiger partial charge in [0.05, 0.1) is 17.7 Å². The van der Waals surface area contributed by atoms with Crippen molar-refractivity contribution >= 4 is 34.7 Å². The molecular weight excluding hydrogens is 473 g/mol. The fourth-order valence-electron chi connectivity index (χ4n) is 4.47. The summed E-state index contributed by atoms with van der Waals surface area (Å²) in [4.78, 5) is 16.7. The van der Waals surface area contributed by atoms with Crippen molar-refractivity contribution in [1.29, 1.82) is 0 Å². The summed E-state index contributed by atoms with van der Waals surface area (Å²) in [6.07, 6.45) is 4.13. The van der Waals surface area contributed by atoms with Crippen molar-refractivity contribution in [3.05, 3.63) is 65.4 Å². The van der Waals surface area contributed by atoms with Crippen molar-refractivity contribution in [2.45, 2.75) is 30.1 Å². The number of aryl methyl sites for hydroxylation is 1. The Labute approximate surface area is 202 Å². The molecule has 0 spiro atoms. The lowest BCUT2D eigenvalue weighted by molar-refractivity contribution is -0.299. The maximum Gasteiger partial charge on any atom is 0.333 e. The molecule has 1 aliphatic heterocycles. The lowest BCUT2D eigenvalue weighted by Crippen LogP contribution is -2.35. The molecule has 12 heteroatoms. The van der Waals surface area contributed by atoms with Crippen LogP contribution in [0.4, 0.5) is 10.5 Å². The zero-order chi connectivity index (χ0) is 24.8. The largest absolute Gasteiger partial charge is 0.481 e. The number of aromatic nitrogens is 1. The van der Waals surface area contributed by atoms with Crippen LogP contribution < -0.4 is 20.2 Å². The summed E-state index contributed by atoms with van der Waals surface area (Å²) >= 11 is 0. The first kappa shape index (κ1) is 23.3. The molecule has 4 N–H and O–H groups in total. The predicted octanol–water partition coefficient (Wildman–Crippen LogP) is 0.858. The number of nitrogens with zero attached hydrogens (tertiary/aromatic N) is 1. The van der Waals surface area contributed by atoms with Gasteiger partial charge in [-0.2, -0.15) is 0 Å². The summed E-state index contributed by atoms with van der Waals surface area (Å²) in [5.41, 5.74) is 4.38. The molecule has 2 aliphatic rings. The number of benzene rings is 2. The van der Waals surface area contributed by atoms with Crippen LogP contribution in [-0.4, -0.2) is 44.2 Å². The number of urea groups is 1. The normalized spacial score (nSPS) is 15.6. The first-order valence-corrected chi connectivity index (χ1v) is 12.4. The van der Waals surface area contributed by atoms with Crippen molar-refractivity contribution in [1.82, 2.24) is 9.71 Å². The number of carbonyl (C=O) groups is 1. The van der Waals surface area contributed by atoms with Gasteiger partial charge in [0.15, 0.2) is 0 Å². The number of aliphatic hydroxyl groups is 2. The highest BCUT2D eigenvalue weighted by Gasteiger charge is 2.38. The average molecular weight is 495 g/mol. The Morgan fingerprint density at radius 3 is 2.80 bits per heavy atom. The van der Waals surface area contributed by atoms with E-state index < -0.39 is 22.0 Å². The summed E-state index contributed by atoms with van der Waals surface area (Å²) in [7, 11) is -2.89. The van der Waals surface area contributed by atoms with Crippen LogP contribution in [0.1, 0.15) is 23.1 Å². The third-order valence-electron chi connectivity index (χ3n) is 6.17. The highest BCUT2D eigenvalue weighted by Crippen LogP contribution is 2.38. The van der Waals surface area contributed by atoms with Gasteiger partial charge < -0.3 is 24.9 Å². The minimum Gasteiger partial charge on any atom is -0.481 e. The number of ether oxygens (including phenoxy) is 1. The van der Waals surface area contributed by atoms with Gasteiger partial charge in [-0.25, -0.2) is 22.9 Å². The van der Waals surface area contributed by atoms with E-state index in [1.165, 1.54) is 19.2 Å². The fourth-order valence-corrected chi connectivity index (χ4v) is 5.40. The van der Waals surface area contributed by atoms with E-state index in [0.29, 0.717) is 22.6 Å². The minimum absolute atomic E-state index is 0.0712. The Morgan fingerprint density at radius 2 is 2.00 bits per heavy atom. The molecule has 0 unspecified atom stereocenters. The first-order chi connectivity index (χ1) is 16.7. The number of amides is 2. The lowest BCUT2D eigenvalue weighted by Gasteiger charge is -2.18. The Kier molecular flexibility index (Phi) is 5.76. The molecule has 0 saturated carbocycles. The monoisotopic (exact) mass is 495 g/mol. The van der Waals surface area contributed by atoms with Crippen LogP contribution in [0.15, 0.2) is 53.6 Å². The van der Waals surface area contributed by atoms with E-state index in [4.69, 9.17) is 9.39 Å². The number of sulfonamides is 1. The van der Waals surface area contributed by atoms with Crippen molar-refractivity contribution < 1.29 is 32.8 Å². The maximum absolute atomic E-state index is 12.9. The van der Waals surface area contributed by atoms with Gasteiger partial charge in [-0.1, -0.05) is 18.2 Å². The molecule has 0 bridgehead atoms. The molecule has 0 saturated heterocycles. The molecular formula is C23H22BN3O7S. The molecule has 5 rings (SSSR count). The Hall–Kier alpha value is -3.45. The standard InChI is InChI=1S/C23H22BN3O7S/c1-33-20-11-14(9-10-25-20)17-7-5-13-3-2-4-16(13)21(17)26-22(28)27-35(31,32)15-6-8-19-18(12-15)23(29,30)34-24-19/h5-12,24,29-30H,2-4H2,1H3,(H2,26,27,28). The van der Waals surface area contributed by atoms with E-state index in [9.17, 15) is 23.4 Å². The van der Waals surface area contributed by atoms with Gasteiger partial charge in [-0.05, 0) is 59.6 Å². The molecule has 0 fully saturated rings. The van der Waals surface area contributed by atoms with Crippen molar-refractivity contribution in [3.63, 3.8) is 0 Å². The van der Waals surface area contributed by atoms with Gasteiger partial charge in [0.2, 0.25) is 5.88 Å². The molecule has 2 aromatic carbocycles. The quantitative estimate of drug-likeness (QED) is 0.301. The van der Waals surface area contributed by atoms with Crippen LogP contribution in [0.2, 0.25) is 0 Å². The number of carbonyl (C=O) groups excluding carboxylic acids is 1. The van der Waals surface area contributed by atoms with Crippen LogP contribution >= 0.6 is 0 Å². The number of hydrogen-bond acceptors (Lipinski definition) is 8. The average Bonchev–Trinajstić information content (AvgIpc) is 3.43. The van der Waals surface area contributed by atoms with Crippen LogP contribution in [0, 0.1) is 0 Å². The summed E-state index contributed by atoms with van der Waals surface area (Å²) in [5.74, 6) is -2.18. The van der Waals surface area contributed by atoms with Crippen LogP contribution in [0.3, 0.4) is 0 Å². The second-order valence-corrected chi connectivity index (χ2v) is 10.0. The van der Waals surface area contributed by atoms with Gasteiger partial charge in [-0.15, -0.1) is 0 Å². The molecule has 2 heterocycles. The number of methoxy groups -OCH3 is 1. The smallest absolute Gasteiger partial charge is 0.333 e. The summed E-state index contributed by atoms with van der Waals surface area (Å²) < 4.78 is 37.9. The SMILES string of the molecule is COc1cc(-c2ccc3c(c2NC(=O)NS(=O)(=O)c2ccc4c(c2)C(O)(O)OB4)CCC3)ccn1. The van der Waals surface area contributed by atoms with E-state index >= 15 is 0 Å². The number of hydrogen-bond donors (Lipinski definition) is 4. The van der Waals surface area contributed by atoms with Gasteiger partial charge in [0.25, 0.3) is 16.0 Å². The second kappa shape index (κ2) is 8.65. The third-order valence-corrected chi connectivity index (χ3v) is 7.50. The van der Waals surface area contributed by atoms with E-state index in [1.807, 2.05) is 16.9 Å². The topological polar surface area (TPSA) is 147 Å². The molecule has 35 heavy (non-hydrogen) atoms. The minimum atomic E-state index is -4.32. The summed E-state index contributed by atoms with van der Waals surface area (Å²) in [6.45, 7) is 0.